The van der Waals surface area contributed by atoms with E-state index in [-0.39, 0.29) is 5.56 Å². The number of aromatic carboxylic acids is 1. The second-order valence-electron chi connectivity index (χ2n) is 4.71. The van der Waals surface area contributed by atoms with Crippen LogP contribution in [0, 0.1) is 0 Å². The fraction of sp³-hybridized carbons (Fsp3) is 0. The summed E-state index contributed by atoms with van der Waals surface area (Å²) in [6.07, 6.45) is 2.12. The molecule has 0 saturated heterocycles. The van der Waals surface area contributed by atoms with Gasteiger partial charge in [-0.15, -0.1) is 0 Å². The van der Waals surface area contributed by atoms with Crippen LogP contribution in [0.5, 0.6) is 0 Å². The van der Waals surface area contributed by atoms with Crippen molar-refractivity contribution < 1.29 is 14.7 Å². The van der Waals surface area contributed by atoms with Crippen molar-refractivity contribution in [3.63, 3.8) is 0 Å². The largest absolute Gasteiger partial charge is 0.478 e. The van der Waals surface area contributed by atoms with E-state index >= 15 is 0 Å². The number of nitrogens with zero attached hydrogens (tertiary/aromatic N) is 3. The molecule has 7 nitrogen and oxygen atoms in total. The minimum Gasteiger partial charge on any atom is -0.478 e. The lowest BCUT2D eigenvalue weighted by Gasteiger charge is -2.20. The second-order valence-corrected chi connectivity index (χ2v) is 4.71. The quantitative estimate of drug-likeness (QED) is 0.555. The molecule has 0 spiro atoms. The van der Waals surface area contributed by atoms with Gasteiger partial charge in [-0.2, -0.15) is 10.2 Å². The van der Waals surface area contributed by atoms with Crippen molar-refractivity contribution in [2.24, 2.45) is 0 Å². The summed E-state index contributed by atoms with van der Waals surface area (Å²) >= 11 is 0. The van der Waals surface area contributed by atoms with E-state index in [4.69, 9.17) is 5.11 Å². The number of anilines is 2. The van der Waals surface area contributed by atoms with Crippen molar-refractivity contribution in [3.05, 3.63) is 60.3 Å². The van der Waals surface area contributed by atoms with Crippen LogP contribution in [0.25, 0.3) is 10.9 Å². The van der Waals surface area contributed by atoms with Crippen LogP contribution in [-0.4, -0.2) is 27.7 Å². The number of fused-ring (bicyclic) bond motifs is 1. The fourth-order valence-corrected chi connectivity index (χ4v) is 2.14. The number of aromatic nitrogens is 2. The maximum Gasteiger partial charge on any atom is 0.335 e. The predicted molar refractivity (Wildman–Crippen MR) is 85.1 cm³/mol. The van der Waals surface area contributed by atoms with Gasteiger partial charge in [-0.05, 0) is 30.3 Å². The third kappa shape index (κ3) is 2.93. The number of hydrogen-bond acceptors (Lipinski definition) is 5. The average Bonchev–Trinajstić information content (AvgIpc) is 2.60. The summed E-state index contributed by atoms with van der Waals surface area (Å²) in [5.74, 6) is -1.02. The molecule has 0 aliphatic rings. The van der Waals surface area contributed by atoms with Crippen LogP contribution in [0.2, 0.25) is 0 Å². The van der Waals surface area contributed by atoms with Crippen molar-refractivity contribution >= 4 is 34.7 Å². The fourth-order valence-electron chi connectivity index (χ4n) is 2.14. The molecule has 0 unspecified atom stereocenters. The van der Waals surface area contributed by atoms with Crippen LogP contribution >= 0.6 is 0 Å². The normalized spacial score (nSPS) is 10.3. The summed E-state index contributed by atoms with van der Waals surface area (Å²) in [6.45, 7) is 0. The first-order chi connectivity index (χ1) is 11.2. The lowest BCUT2D eigenvalue weighted by atomic mass is 10.2. The highest BCUT2D eigenvalue weighted by molar-refractivity contribution is 5.93. The number of carboxylic acid groups (broad SMARTS) is 1. The van der Waals surface area contributed by atoms with Gasteiger partial charge in [0.2, 0.25) is 6.41 Å². The first-order valence-corrected chi connectivity index (χ1v) is 6.74. The van der Waals surface area contributed by atoms with Gasteiger partial charge in [-0.1, -0.05) is 18.2 Å². The van der Waals surface area contributed by atoms with Gasteiger partial charge in [0, 0.05) is 5.39 Å². The Hall–Kier alpha value is -3.48. The van der Waals surface area contributed by atoms with Gasteiger partial charge in [-0.25, -0.2) is 9.80 Å². The molecule has 0 radical (unpaired) electrons. The number of nitrogens with one attached hydrogen (secondary N) is 1. The molecule has 1 heterocycles. The van der Waals surface area contributed by atoms with Crippen LogP contribution < -0.4 is 10.4 Å². The number of carboxylic acids is 1. The van der Waals surface area contributed by atoms with Gasteiger partial charge < -0.3 is 5.11 Å². The molecule has 0 aliphatic heterocycles. The van der Waals surface area contributed by atoms with Crippen LogP contribution in [-0.2, 0) is 4.79 Å². The van der Waals surface area contributed by atoms with Crippen LogP contribution in [0.3, 0.4) is 0 Å². The molecular formula is C16H12N4O3. The summed E-state index contributed by atoms with van der Waals surface area (Å²) in [4.78, 5) is 22.3. The van der Waals surface area contributed by atoms with Gasteiger partial charge >= 0.3 is 5.97 Å². The van der Waals surface area contributed by atoms with E-state index in [1.807, 2.05) is 24.3 Å². The number of hydrogen-bond donors (Lipinski definition) is 2. The highest BCUT2D eigenvalue weighted by atomic mass is 16.4. The summed E-state index contributed by atoms with van der Waals surface area (Å²) < 4.78 is 0. The first-order valence-electron chi connectivity index (χ1n) is 6.74. The summed E-state index contributed by atoms with van der Waals surface area (Å²) in [5.41, 5.74) is 4.92. The maximum absolute atomic E-state index is 11.4. The molecule has 0 atom stereocenters. The van der Waals surface area contributed by atoms with Crippen molar-refractivity contribution in [1.82, 2.24) is 10.2 Å². The Morgan fingerprint density at radius 3 is 2.57 bits per heavy atom. The summed E-state index contributed by atoms with van der Waals surface area (Å²) in [6, 6.07) is 13.3. The molecule has 3 rings (SSSR count). The molecule has 0 saturated carbocycles. The van der Waals surface area contributed by atoms with Crippen molar-refractivity contribution in [1.29, 1.82) is 0 Å². The van der Waals surface area contributed by atoms with Crippen LogP contribution in [0.1, 0.15) is 10.4 Å². The molecule has 0 bridgehead atoms. The molecule has 0 aliphatic carbocycles. The zero-order valence-corrected chi connectivity index (χ0v) is 11.9. The highest BCUT2D eigenvalue weighted by Gasteiger charge is 2.10. The Morgan fingerprint density at radius 1 is 1.13 bits per heavy atom. The molecule has 7 heteroatoms. The Balaban J connectivity index is 1.92. The molecule has 0 fully saturated rings. The molecule has 1 amide bonds. The maximum atomic E-state index is 11.4. The lowest BCUT2D eigenvalue weighted by molar-refractivity contribution is -0.107. The summed E-state index contributed by atoms with van der Waals surface area (Å²) in [7, 11) is 0. The third-order valence-corrected chi connectivity index (χ3v) is 3.29. The zero-order valence-electron chi connectivity index (χ0n) is 11.9. The molecule has 3 aromatic rings. The predicted octanol–water partition coefficient (Wildman–Crippen LogP) is 2.32. The number of amides is 1. The number of rotatable bonds is 5. The SMILES string of the molecule is O=CN(Nc1cnnc2ccccc12)c1ccc(C(=O)O)cc1. The van der Waals surface area contributed by atoms with Crippen molar-refractivity contribution in [2.75, 3.05) is 10.4 Å². The number of benzene rings is 2. The van der Waals surface area contributed by atoms with E-state index in [1.165, 1.54) is 23.3 Å². The number of carbonyl (C=O) groups is 2. The van der Waals surface area contributed by atoms with Crippen LogP contribution in [0.4, 0.5) is 11.4 Å². The smallest absolute Gasteiger partial charge is 0.335 e. The minimum absolute atomic E-state index is 0.149. The van der Waals surface area contributed by atoms with E-state index < -0.39 is 5.97 Å². The average molecular weight is 308 g/mol. The van der Waals surface area contributed by atoms with Crippen LogP contribution in [0.15, 0.2) is 54.7 Å². The van der Waals surface area contributed by atoms with E-state index in [9.17, 15) is 9.59 Å². The van der Waals surface area contributed by atoms with Gasteiger partial charge in [0.25, 0.3) is 0 Å². The van der Waals surface area contributed by atoms with Crippen molar-refractivity contribution in [3.8, 4) is 0 Å². The second kappa shape index (κ2) is 6.10. The lowest BCUT2D eigenvalue weighted by Crippen LogP contribution is -2.28. The molecule has 114 valence electrons. The first kappa shape index (κ1) is 14.5. The van der Waals surface area contributed by atoms with E-state index in [0.717, 1.165) is 5.39 Å². The Kier molecular flexibility index (Phi) is 3.84. The van der Waals surface area contributed by atoms with Crippen molar-refractivity contribution in [2.45, 2.75) is 0 Å². The Labute approximate surface area is 131 Å². The molecule has 23 heavy (non-hydrogen) atoms. The Bertz CT molecular complexity index is 859. The molecule has 2 N–H and O–H groups in total. The highest BCUT2D eigenvalue weighted by Crippen LogP contribution is 2.22. The molecular weight excluding hydrogens is 296 g/mol. The van der Waals surface area contributed by atoms with Gasteiger partial charge in [0.05, 0.1) is 28.7 Å². The third-order valence-electron chi connectivity index (χ3n) is 3.29. The molecule has 2 aromatic carbocycles. The molecule has 1 aromatic heterocycles. The summed E-state index contributed by atoms with van der Waals surface area (Å²) in [5, 5.41) is 18.9. The Morgan fingerprint density at radius 2 is 1.87 bits per heavy atom. The zero-order chi connectivity index (χ0) is 16.2. The minimum atomic E-state index is -1.02. The standard InChI is InChI=1S/C16H12N4O3/c21-10-20(12-7-5-11(6-8-12)16(22)23)19-15-9-17-18-14-4-2-1-3-13(14)15/h1-10H,(H,18,19)(H,22,23). The van der Waals surface area contributed by atoms with Gasteiger partial charge in [0.15, 0.2) is 0 Å². The van der Waals surface area contributed by atoms with Gasteiger partial charge in [-0.3, -0.25) is 10.2 Å². The van der Waals surface area contributed by atoms with E-state index in [0.29, 0.717) is 23.3 Å². The monoisotopic (exact) mass is 308 g/mol. The van der Waals surface area contributed by atoms with E-state index in [1.54, 1.807) is 12.1 Å². The van der Waals surface area contributed by atoms with Gasteiger partial charge in [0.1, 0.15) is 0 Å². The van der Waals surface area contributed by atoms with E-state index in [2.05, 4.69) is 15.6 Å². The number of hydrazine groups is 1. The number of carbonyl (C=O) groups excluding carboxylic acids is 1. The topological polar surface area (TPSA) is 95.4 Å².